The molecule has 2 saturated heterocycles. The van der Waals surface area contributed by atoms with Gasteiger partial charge in [-0.3, -0.25) is 14.7 Å². The molecule has 2 atom stereocenters. The van der Waals surface area contributed by atoms with Gasteiger partial charge in [-0.25, -0.2) is 0 Å². The molecule has 0 radical (unpaired) electrons. The van der Waals surface area contributed by atoms with Crippen molar-refractivity contribution in [3.63, 3.8) is 0 Å². The molecule has 148 valence electrons. The lowest BCUT2D eigenvalue weighted by Crippen LogP contribution is -2.60. The van der Waals surface area contributed by atoms with Crippen LogP contribution in [0.2, 0.25) is 0 Å². The molecule has 0 spiro atoms. The molecular formula is C22H27N3O3. The van der Waals surface area contributed by atoms with Crippen LogP contribution in [0.25, 0.3) is 0 Å². The summed E-state index contributed by atoms with van der Waals surface area (Å²) in [5.74, 6) is 0.795. The Bertz CT molecular complexity index is 763. The van der Waals surface area contributed by atoms with Gasteiger partial charge in [-0.05, 0) is 42.7 Å². The number of ether oxygens (including phenoxy) is 2. The van der Waals surface area contributed by atoms with Gasteiger partial charge in [0.15, 0.2) is 6.61 Å². The Balaban J connectivity index is 1.29. The number of carbonyl (C=O) groups is 1. The van der Waals surface area contributed by atoms with E-state index in [1.807, 2.05) is 47.6 Å². The van der Waals surface area contributed by atoms with Crippen molar-refractivity contribution in [3.05, 3.63) is 60.4 Å². The van der Waals surface area contributed by atoms with Crippen LogP contribution >= 0.6 is 0 Å². The molecule has 4 rings (SSSR count). The minimum absolute atomic E-state index is 0.0614. The van der Waals surface area contributed by atoms with E-state index in [1.165, 1.54) is 5.56 Å². The molecule has 1 aromatic carbocycles. The van der Waals surface area contributed by atoms with Crippen LogP contribution in [0.3, 0.4) is 0 Å². The van der Waals surface area contributed by atoms with E-state index in [0.717, 1.165) is 38.2 Å². The minimum Gasteiger partial charge on any atom is -0.484 e. The van der Waals surface area contributed by atoms with E-state index in [9.17, 15) is 4.79 Å². The number of methoxy groups -OCH3 is 1. The van der Waals surface area contributed by atoms with Crippen molar-refractivity contribution in [3.8, 4) is 5.75 Å². The predicted octanol–water partition coefficient (Wildman–Crippen LogP) is 2.52. The van der Waals surface area contributed by atoms with Crippen LogP contribution in [-0.2, 0) is 9.53 Å². The standard InChI is InChI=1S/C22H27N3O3/c1-27-20-15-25(22(20)17-7-11-23-12-8-17)18-9-13-24(14-10-18)21(26)16-28-19-5-3-2-4-6-19/h2-8,11-12,18,20,22H,9-10,13-16H2,1H3. The number of rotatable bonds is 6. The molecule has 6 nitrogen and oxygen atoms in total. The highest BCUT2D eigenvalue weighted by molar-refractivity contribution is 5.77. The molecule has 2 aliphatic rings. The van der Waals surface area contributed by atoms with E-state index >= 15 is 0 Å². The fourth-order valence-electron chi connectivity index (χ4n) is 4.24. The first-order valence-electron chi connectivity index (χ1n) is 9.90. The van der Waals surface area contributed by atoms with Gasteiger partial charge in [-0.1, -0.05) is 18.2 Å². The average molecular weight is 381 g/mol. The maximum Gasteiger partial charge on any atom is 0.260 e. The molecule has 2 unspecified atom stereocenters. The summed E-state index contributed by atoms with van der Waals surface area (Å²) in [5, 5.41) is 0. The topological polar surface area (TPSA) is 54.9 Å². The number of likely N-dealkylation sites (tertiary alicyclic amines) is 2. The summed E-state index contributed by atoms with van der Waals surface area (Å²) in [6.45, 7) is 2.60. The number of amides is 1. The van der Waals surface area contributed by atoms with Crippen molar-refractivity contribution >= 4 is 5.91 Å². The summed E-state index contributed by atoms with van der Waals surface area (Å²) >= 11 is 0. The van der Waals surface area contributed by atoms with Crippen molar-refractivity contribution < 1.29 is 14.3 Å². The Morgan fingerprint density at radius 3 is 2.50 bits per heavy atom. The molecule has 1 aromatic heterocycles. The maximum atomic E-state index is 12.5. The molecule has 1 amide bonds. The molecule has 28 heavy (non-hydrogen) atoms. The Morgan fingerprint density at radius 1 is 1.11 bits per heavy atom. The largest absolute Gasteiger partial charge is 0.484 e. The van der Waals surface area contributed by atoms with Crippen LogP contribution in [0.1, 0.15) is 24.4 Å². The number of para-hydroxylation sites is 1. The van der Waals surface area contributed by atoms with Gasteiger partial charge in [-0.2, -0.15) is 0 Å². The number of benzene rings is 1. The normalized spacial score (nSPS) is 23.2. The van der Waals surface area contributed by atoms with Crippen LogP contribution in [0, 0.1) is 0 Å². The van der Waals surface area contributed by atoms with Crippen LogP contribution in [-0.4, -0.2) is 66.2 Å². The third kappa shape index (κ3) is 4.03. The van der Waals surface area contributed by atoms with E-state index in [4.69, 9.17) is 9.47 Å². The van der Waals surface area contributed by atoms with Gasteiger partial charge in [0.05, 0.1) is 12.1 Å². The molecule has 6 heteroatoms. The SMILES string of the molecule is COC1CN(C2CCN(C(=O)COc3ccccc3)CC2)C1c1ccncc1. The van der Waals surface area contributed by atoms with Gasteiger partial charge in [0, 0.05) is 45.2 Å². The lowest BCUT2D eigenvalue weighted by atomic mass is 9.87. The van der Waals surface area contributed by atoms with Crippen molar-refractivity contribution in [1.29, 1.82) is 0 Å². The Kier molecular flexibility index (Phi) is 5.88. The molecule has 2 aromatic rings. The monoisotopic (exact) mass is 381 g/mol. The molecule has 2 fully saturated rings. The minimum atomic E-state index is 0.0614. The van der Waals surface area contributed by atoms with Crippen LogP contribution in [0.5, 0.6) is 5.75 Å². The number of pyridine rings is 1. The van der Waals surface area contributed by atoms with E-state index in [1.54, 1.807) is 7.11 Å². The van der Waals surface area contributed by atoms with Gasteiger partial charge < -0.3 is 14.4 Å². The summed E-state index contributed by atoms with van der Waals surface area (Å²) in [4.78, 5) is 21.0. The van der Waals surface area contributed by atoms with Gasteiger partial charge in [-0.15, -0.1) is 0 Å². The summed E-state index contributed by atoms with van der Waals surface area (Å²) in [5.41, 5.74) is 1.25. The first-order chi connectivity index (χ1) is 13.8. The zero-order valence-electron chi connectivity index (χ0n) is 16.2. The molecule has 0 bridgehead atoms. The van der Waals surface area contributed by atoms with Crippen molar-refractivity contribution in [1.82, 2.24) is 14.8 Å². The smallest absolute Gasteiger partial charge is 0.260 e. The number of aromatic nitrogens is 1. The number of hydrogen-bond donors (Lipinski definition) is 0. The summed E-state index contributed by atoms with van der Waals surface area (Å²) in [6.07, 6.45) is 5.87. The molecule has 0 aliphatic carbocycles. The van der Waals surface area contributed by atoms with Crippen LogP contribution in [0.15, 0.2) is 54.9 Å². The molecule has 0 N–H and O–H groups in total. The van der Waals surface area contributed by atoms with Crippen LogP contribution in [0.4, 0.5) is 0 Å². The average Bonchev–Trinajstić information content (AvgIpc) is 2.74. The second-order valence-electron chi connectivity index (χ2n) is 7.41. The Labute approximate surface area is 166 Å². The third-order valence-electron chi connectivity index (χ3n) is 5.84. The molecule has 3 heterocycles. The number of nitrogens with zero attached hydrogens (tertiary/aromatic N) is 3. The zero-order valence-corrected chi connectivity index (χ0v) is 16.2. The van der Waals surface area contributed by atoms with Crippen molar-refractivity contribution in [2.24, 2.45) is 0 Å². The lowest BCUT2D eigenvalue weighted by molar-refractivity contribution is -0.139. The molecule has 0 saturated carbocycles. The van der Waals surface area contributed by atoms with Gasteiger partial charge >= 0.3 is 0 Å². The highest BCUT2D eigenvalue weighted by Gasteiger charge is 2.44. The number of piperidine rings is 1. The van der Waals surface area contributed by atoms with E-state index in [2.05, 4.69) is 22.0 Å². The number of hydrogen-bond acceptors (Lipinski definition) is 5. The van der Waals surface area contributed by atoms with Gasteiger partial charge in [0.2, 0.25) is 0 Å². The highest BCUT2D eigenvalue weighted by atomic mass is 16.5. The maximum absolute atomic E-state index is 12.5. The van der Waals surface area contributed by atoms with Gasteiger partial charge in [0.1, 0.15) is 5.75 Å². The fourth-order valence-corrected chi connectivity index (χ4v) is 4.24. The quantitative estimate of drug-likeness (QED) is 0.770. The summed E-state index contributed by atoms with van der Waals surface area (Å²) in [7, 11) is 1.78. The highest BCUT2D eigenvalue weighted by Crippen LogP contribution is 2.39. The van der Waals surface area contributed by atoms with E-state index in [0.29, 0.717) is 6.04 Å². The number of carbonyl (C=O) groups excluding carboxylic acids is 1. The Morgan fingerprint density at radius 2 is 1.82 bits per heavy atom. The van der Waals surface area contributed by atoms with Crippen LogP contribution < -0.4 is 4.74 Å². The Hall–Kier alpha value is -2.44. The predicted molar refractivity (Wildman–Crippen MR) is 106 cm³/mol. The zero-order chi connectivity index (χ0) is 19.3. The van der Waals surface area contributed by atoms with Crippen molar-refractivity contribution in [2.45, 2.75) is 31.0 Å². The summed E-state index contributed by atoms with van der Waals surface area (Å²) < 4.78 is 11.3. The first kappa shape index (κ1) is 18.9. The molecule has 2 aliphatic heterocycles. The van der Waals surface area contributed by atoms with Crippen molar-refractivity contribution in [2.75, 3.05) is 33.4 Å². The third-order valence-corrected chi connectivity index (χ3v) is 5.84. The van der Waals surface area contributed by atoms with Gasteiger partial charge in [0.25, 0.3) is 5.91 Å². The van der Waals surface area contributed by atoms with E-state index in [-0.39, 0.29) is 24.7 Å². The first-order valence-corrected chi connectivity index (χ1v) is 9.90. The molecular weight excluding hydrogens is 354 g/mol. The second-order valence-corrected chi connectivity index (χ2v) is 7.41. The summed E-state index contributed by atoms with van der Waals surface area (Å²) in [6, 6.07) is 14.4. The second kappa shape index (κ2) is 8.71. The lowest BCUT2D eigenvalue weighted by Gasteiger charge is -2.53. The van der Waals surface area contributed by atoms with E-state index < -0.39 is 0 Å². The fraction of sp³-hybridized carbons (Fsp3) is 0.455.